The standard InChI is InChI=1S/C23H23O.C7H7.Y/c1-15-11-20(12-16(2)19(15)5)21-13-17(3)23(18(4)14-21)24-22-9-7-6-8-10-22;1-7-5-3-2-4-6-7;/h7-14H,1-5H3;3-6H,1H3;/q2*-1;. The number of hydrogen-bond donors (Lipinski definition) is 0. The first-order valence-corrected chi connectivity index (χ1v) is 10.6. The van der Waals surface area contributed by atoms with E-state index in [0.717, 1.165) is 22.6 Å². The van der Waals surface area contributed by atoms with Crippen LogP contribution in [0, 0.1) is 53.7 Å². The molecule has 0 spiro atoms. The summed E-state index contributed by atoms with van der Waals surface area (Å²) in [6.45, 7) is 12.8. The molecule has 0 aromatic heterocycles. The van der Waals surface area contributed by atoms with E-state index < -0.39 is 0 Å². The number of benzene rings is 4. The summed E-state index contributed by atoms with van der Waals surface area (Å²) in [6.07, 6.45) is 0. The smallest absolute Gasteiger partial charge is 0.130 e. The van der Waals surface area contributed by atoms with Gasteiger partial charge in [0.2, 0.25) is 0 Å². The molecular formula is C30H30OY-2. The molecule has 0 N–H and O–H groups in total. The molecule has 0 saturated carbocycles. The van der Waals surface area contributed by atoms with Crippen LogP contribution in [0.4, 0.5) is 0 Å². The van der Waals surface area contributed by atoms with Crippen LogP contribution in [0.1, 0.15) is 33.4 Å². The van der Waals surface area contributed by atoms with Crippen LogP contribution in [-0.2, 0) is 32.7 Å². The van der Waals surface area contributed by atoms with Gasteiger partial charge in [-0.2, -0.15) is 54.1 Å². The molecule has 0 saturated heterocycles. The SMILES string of the molecule is Cc1cc(-c2cc(C)c(Oc3cc[c-]cc3)c(C)c2)cc(C)c1C.Cc1cc[c-]cc1.[Y]. The molecule has 0 bridgehead atoms. The molecule has 0 aliphatic heterocycles. The maximum Gasteiger partial charge on any atom is 0.130 e. The van der Waals surface area contributed by atoms with Crippen molar-refractivity contribution in [3.05, 3.63) is 118 Å². The Bertz CT molecular complexity index is 1100. The maximum atomic E-state index is 6.08. The summed E-state index contributed by atoms with van der Waals surface area (Å²) >= 11 is 0. The van der Waals surface area contributed by atoms with Gasteiger partial charge in [-0.15, -0.1) is 12.1 Å². The zero-order chi connectivity index (χ0) is 22.4. The summed E-state index contributed by atoms with van der Waals surface area (Å²) in [5.41, 5.74) is 10.1. The molecule has 1 radical (unpaired) electrons. The van der Waals surface area contributed by atoms with Crippen molar-refractivity contribution in [2.24, 2.45) is 0 Å². The van der Waals surface area contributed by atoms with Crippen LogP contribution < -0.4 is 4.74 Å². The molecule has 161 valence electrons. The molecule has 32 heavy (non-hydrogen) atoms. The third kappa shape index (κ3) is 6.89. The molecule has 0 fully saturated rings. The van der Waals surface area contributed by atoms with E-state index >= 15 is 0 Å². The largest absolute Gasteiger partial charge is 0.482 e. The fourth-order valence-electron chi connectivity index (χ4n) is 3.51. The molecule has 4 rings (SSSR count). The van der Waals surface area contributed by atoms with Gasteiger partial charge in [-0.1, -0.05) is 19.1 Å². The Hall–Kier alpha value is -2.22. The van der Waals surface area contributed by atoms with Gasteiger partial charge in [-0.05, 0) is 85.7 Å². The van der Waals surface area contributed by atoms with Crippen LogP contribution in [0.5, 0.6) is 11.5 Å². The van der Waals surface area contributed by atoms with Crippen LogP contribution >= 0.6 is 0 Å². The minimum atomic E-state index is 0. The van der Waals surface area contributed by atoms with E-state index in [1.165, 1.54) is 33.4 Å². The van der Waals surface area contributed by atoms with E-state index in [9.17, 15) is 0 Å². The van der Waals surface area contributed by atoms with Gasteiger partial charge in [0.1, 0.15) is 5.75 Å². The monoisotopic (exact) mass is 495 g/mol. The van der Waals surface area contributed by atoms with Crippen molar-refractivity contribution in [1.29, 1.82) is 0 Å². The van der Waals surface area contributed by atoms with Gasteiger partial charge in [0.05, 0.1) is 0 Å². The molecule has 4 aromatic rings. The van der Waals surface area contributed by atoms with E-state index in [1.54, 1.807) is 0 Å². The predicted molar refractivity (Wildman–Crippen MR) is 131 cm³/mol. The molecule has 0 atom stereocenters. The number of aryl methyl sites for hydroxylation is 5. The van der Waals surface area contributed by atoms with Gasteiger partial charge in [-0.25, -0.2) is 0 Å². The predicted octanol–water partition coefficient (Wildman–Crippen LogP) is 8.28. The van der Waals surface area contributed by atoms with E-state index in [0.29, 0.717) is 0 Å². The molecule has 1 nitrogen and oxygen atoms in total. The topological polar surface area (TPSA) is 9.23 Å². The number of rotatable bonds is 3. The molecular weight excluding hydrogens is 465 g/mol. The summed E-state index contributed by atoms with van der Waals surface area (Å²) in [6, 6.07) is 30.4. The van der Waals surface area contributed by atoms with Gasteiger partial charge >= 0.3 is 0 Å². The van der Waals surface area contributed by atoms with Crippen molar-refractivity contribution in [3.63, 3.8) is 0 Å². The Labute approximate surface area is 218 Å². The summed E-state index contributed by atoms with van der Waals surface area (Å²) in [5, 5.41) is 0. The Morgan fingerprint density at radius 3 is 1.38 bits per heavy atom. The van der Waals surface area contributed by atoms with E-state index in [4.69, 9.17) is 4.74 Å². The van der Waals surface area contributed by atoms with Crippen molar-refractivity contribution in [2.75, 3.05) is 0 Å². The number of hydrogen-bond acceptors (Lipinski definition) is 1. The Kier molecular flexibility index (Phi) is 9.88. The van der Waals surface area contributed by atoms with E-state index in [1.807, 2.05) is 48.5 Å². The molecule has 0 unspecified atom stereocenters. The summed E-state index contributed by atoms with van der Waals surface area (Å²) in [4.78, 5) is 0. The van der Waals surface area contributed by atoms with Crippen LogP contribution in [0.2, 0.25) is 0 Å². The van der Waals surface area contributed by atoms with Crippen LogP contribution in [0.3, 0.4) is 0 Å². The summed E-state index contributed by atoms with van der Waals surface area (Å²) < 4.78 is 6.08. The van der Waals surface area contributed by atoms with Crippen molar-refractivity contribution in [2.45, 2.75) is 41.5 Å². The first-order chi connectivity index (χ1) is 14.8. The van der Waals surface area contributed by atoms with Gasteiger partial charge in [0.15, 0.2) is 0 Å². The summed E-state index contributed by atoms with van der Waals surface area (Å²) in [7, 11) is 0. The van der Waals surface area contributed by atoms with Crippen LogP contribution in [0.15, 0.2) is 72.8 Å². The minimum absolute atomic E-state index is 0. The maximum absolute atomic E-state index is 6.08. The molecule has 4 aromatic carbocycles. The molecule has 0 heterocycles. The second-order valence-electron chi connectivity index (χ2n) is 8.09. The summed E-state index contributed by atoms with van der Waals surface area (Å²) in [5.74, 6) is 1.78. The normalized spacial score (nSPS) is 9.94. The number of ether oxygens (including phenoxy) is 1. The Balaban J connectivity index is 0.000000388. The Morgan fingerprint density at radius 1 is 0.562 bits per heavy atom. The average Bonchev–Trinajstić information content (AvgIpc) is 2.76. The van der Waals surface area contributed by atoms with Crippen molar-refractivity contribution in [1.82, 2.24) is 0 Å². The first kappa shape index (κ1) is 26.0. The van der Waals surface area contributed by atoms with E-state index in [2.05, 4.69) is 77.9 Å². The molecule has 0 aliphatic rings. The van der Waals surface area contributed by atoms with E-state index in [-0.39, 0.29) is 32.7 Å². The average molecular weight is 495 g/mol. The fourth-order valence-corrected chi connectivity index (χ4v) is 3.51. The van der Waals surface area contributed by atoms with Crippen LogP contribution in [0.25, 0.3) is 11.1 Å². The zero-order valence-electron chi connectivity index (χ0n) is 19.9. The second-order valence-corrected chi connectivity index (χ2v) is 8.09. The quantitative estimate of drug-likeness (QED) is 0.260. The van der Waals surface area contributed by atoms with Gasteiger partial charge in [0, 0.05) is 38.5 Å². The van der Waals surface area contributed by atoms with Crippen LogP contribution in [-0.4, -0.2) is 0 Å². The van der Waals surface area contributed by atoms with Gasteiger partial charge in [0.25, 0.3) is 0 Å². The first-order valence-electron chi connectivity index (χ1n) is 10.6. The van der Waals surface area contributed by atoms with Crippen molar-refractivity contribution in [3.8, 4) is 22.6 Å². The Morgan fingerprint density at radius 2 is 0.969 bits per heavy atom. The molecule has 0 amide bonds. The molecule has 0 aliphatic carbocycles. The van der Waals surface area contributed by atoms with Crippen molar-refractivity contribution >= 4 is 0 Å². The fraction of sp³-hybridized carbons (Fsp3) is 0.200. The second kappa shape index (κ2) is 12.1. The van der Waals surface area contributed by atoms with Crippen molar-refractivity contribution < 1.29 is 37.4 Å². The van der Waals surface area contributed by atoms with Gasteiger partial charge in [-0.3, -0.25) is 0 Å². The molecule has 2 heteroatoms. The van der Waals surface area contributed by atoms with Gasteiger partial charge < -0.3 is 4.74 Å². The third-order valence-electron chi connectivity index (χ3n) is 5.51. The zero-order valence-corrected chi connectivity index (χ0v) is 22.8. The minimum Gasteiger partial charge on any atom is -0.482 e. The third-order valence-corrected chi connectivity index (χ3v) is 5.51.